The summed E-state index contributed by atoms with van der Waals surface area (Å²) in [6, 6.07) is 1.99. The minimum absolute atomic E-state index is 0.0959. The summed E-state index contributed by atoms with van der Waals surface area (Å²) in [5, 5.41) is 10.4. The van der Waals surface area contributed by atoms with Crippen LogP contribution in [0.5, 0.6) is 0 Å². The molecule has 1 aliphatic carbocycles. The molecule has 146 valence electrons. The molecule has 3 aromatic heterocycles. The second-order valence-corrected chi connectivity index (χ2v) is 8.75. The summed E-state index contributed by atoms with van der Waals surface area (Å²) in [5.41, 5.74) is 2.75. The lowest BCUT2D eigenvalue weighted by Gasteiger charge is -2.31. The number of aromatic amines is 1. The molecular weight excluding hydrogens is 372 g/mol. The average molecular weight is 397 g/mol. The predicted molar refractivity (Wildman–Crippen MR) is 107 cm³/mol. The third-order valence-electron chi connectivity index (χ3n) is 5.83. The van der Waals surface area contributed by atoms with Gasteiger partial charge in [0.05, 0.1) is 5.56 Å². The Kier molecular flexibility index (Phi) is 4.30. The van der Waals surface area contributed by atoms with Gasteiger partial charge in [0, 0.05) is 47.9 Å². The van der Waals surface area contributed by atoms with Gasteiger partial charge >= 0.3 is 0 Å². The molecule has 1 saturated heterocycles. The molecule has 2 aliphatic rings. The number of piperidine rings is 1. The van der Waals surface area contributed by atoms with Crippen molar-refractivity contribution < 1.29 is 4.79 Å². The lowest BCUT2D eigenvalue weighted by Crippen LogP contribution is -2.39. The van der Waals surface area contributed by atoms with E-state index in [0.717, 1.165) is 53.1 Å². The molecule has 2 fully saturated rings. The average Bonchev–Trinajstić information content (AvgIpc) is 3.09. The van der Waals surface area contributed by atoms with Crippen LogP contribution in [0.3, 0.4) is 0 Å². The Hall–Kier alpha value is -2.48. The van der Waals surface area contributed by atoms with Crippen LogP contribution in [0, 0.1) is 13.8 Å². The molecule has 5 rings (SSSR count). The van der Waals surface area contributed by atoms with Gasteiger partial charge in [-0.25, -0.2) is 9.97 Å². The quantitative estimate of drug-likeness (QED) is 0.731. The Morgan fingerprint density at radius 3 is 2.86 bits per heavy atom. The summed E-state index contributed by atoms with van der Waals surface area (Å²) in [7, 11) is 0. The van der Waals surface area contributed by atoms with Crippen molar-refractivity contribution in [3.8, 4) is 5.13 Å². The Bertz CT molecular complexity index is 1000. The van der Waals surface area contributed by atoms with Crippen molar-refractivity contribution in [1.29, 1.82) is 0 Å². The van der Waals surface area contributed by atoms with Gasteiger partial charge < -0.3 is 4.90 Å². The summed E-state index contributed by atoms with van der Waals surface area (Å²) in [5.74, 6) is 2.76. The van der Waals surface area contributed by atoms with Crippen molar-refractivity contribution in [1.82, 2.24) is 29.6 Å². The van der Waals surface area contributed by atoms with Crippen LogP contribution in [-0.4, -0.2) is 48.6 Å². The fourth-order valence-electron chi connectivity index (χ4n) is 4.15. The zero-order chi connectivity index (χ0) is 19.3. The maximum absolute atomic E-state index is 13.3. The van der Waals surface area contributed by atoms with Gasteiger partial charge in [-0.05, 0) is 45.6 Å². The van der Waals surface area contributed by atoms with Gasteiger partial charge in [0.25, 0.3) is 5.91 Å². The van der Waals surface area contributed by atoms with Crippen molar-refractivity contribution in [2.45, 2.75) is 51.4 Å². The largest absolute Gasteiger partial charge is 0.338 e. The molecule has 1 aliphatic heterocycles. The maximum atomic E-state index is 13.3. The van der Waals surface area contributed by atoms with E-state index in [2.05, 4.69) is 19.7 Å². The molecule has 0 unspecified atom stereocenters. The number of carbonyl (C=O) groups excluding carboxylic acids is 1. The first-order valence-electron chi connectivity index (χ1n) is 9.92. The molecule has 0 bridgehead atoms. The summed E-state index contributed by atoms with van der Waals surface area (Å²) < 4.78 is 2.07. The molecule has 8 heteroatoms. The molecule has 1 atom stereocenters. The number of hydrogen-bond donors (Lipinski definition) is 1. The molecule has 1 saturated carbocycles. The maximum Gasteiger partial charge on any atom is 0.255 e. The van der Waals surface area contributed by atoms with Crippen LogP contribution in [0.25, 0.3) is 5.13 Å². The second kappa shape index (κ2) is 6.84. The van der Waals surface area contributed by atoms with Crippen LogP contribution >= 0.6 is 11.3 Å². The molecular formula is C20H24N6OS. The number of rotatable bonds is 4. The van der Waals surface area contributed by atoms with Gasteiger partial charge in [-0.3, -0.25) is 14.5 Å². The van der Waals surface area contributed by atoms with Crippen LogP contribution in [0.15, 0.2) is 17.6 Å². The second-order valence-electron chi connectivity index (χ2n) is 7.88. The number of carbonyl (C=O) groups is 1. The Morgan fingerprint density at radius 1 is 1.25 bits per heavy atom. The zero-order valence-corrected chi connectivity index (χ0v) is 17.0. The third kappa shape index (κ3) is 3.05. The summed E-state index contributed by atoms with van der Waals surface area (Å²) in [6.45, 7) is 5.50. The number of nitrogens with one attached hydrogen (secondary N) is 1. The van der Waals surface area contributed by atoms with Crippen molar-refractivity contribution in [2.24, 2.45) is 0 Å². The Morgan fingerprint density at radius 2 is 2.11 bits per heavy atom. The number of H-pyrrole nitrogens is 1. The number of thiazole rings is 1. The number of aromatic nitrogens is 5. The van der Waals surface area contributed by atoms with Crippen LogP contribution in [0.2, 0.25) is 0 Å². The summed E-state index contributed by atoms with van der Waals surface area (Å²) in [6.07, 6.45) is 6.22. The van der Waals surface area contributed by atoms with E-state index < -0.39 is 0 Å². The minimum atomic E-state index is 0.0959. The highest BCUT2D eigenvalue weighted by atomic mass is 32.1. The molecule has 3 aromatic rings. The highest BCUT2D eigenvalue weighted by Crippen LogP contribution is 2.38. The van der Waals surface area contributed by atoms with Gasteiger partial charge in [0.1, 0.15) is 5.82 Å². The van der Waals surface area contributed by atoms with Crippen molar-refractivity contribution in [3.05, 3.63) is 46.2 Å². The minimum Gasteiger partial charge on any atom is -0.338 e. The van der Waals surface area contributed by atoms with E-state index in [9.17, 15) is 4.79 Å². The smallest absolute Gasteiger partial charge is 0.255 e. The highest BCUT2D eigenvalue weighted by molar-refractivity contribution is 7.12. The van der Waals surface area contributed by atoms with Crippen LogP contribution < -0.4 is 0 Å². The lowest BCUT2D eigenvalue weighted by atomic mass is 9.96. The number of amides is 1. The molecule has 4 heterocycles. The fourth-order valence-corrected chi connectivity index (χ4v) is 4.90. The first-order valence-corrected chi connectivity index (χ1v) is 10.8. The van der Waals surface area contributed by atoms with E-state index in [-0.39, 0.29) is 11.8 Å². The zero-order valence-electron chi connectivity index (χ0n) is 16.2. The molecule has 0 aromatic carbocycles. The highest BCUT2D eigenvalue weighted by Gasteiger charge is 2.32. The number of nitrogens with zero attached hydrogens (tertiary/aromatic N) is 5. The summed E-state index contributed by atoms with van der Waals surface area (Å²) >= 11 is 1.58. The van der Waals surface area contributed by atoms with Gasteiger partial charge in [-0.2, -0.15) is 5.10 Å². The Labute approximate surface area is 167 Å². The molecule has 1 N–H and O–H groups in total. The Balaban J connectivity index is 1.37. The van der Waals surface area contributed by atoms with Gasteiger partial charge in [-0.15, -0.1) is 11.3 Å². The van der Waals surface area contributed by atoms with E-state index in [0.29, 0.717) is 12.5 Å². The fraction of sp³-hybridized carbons (Fsp3) is 0.500. The SMILES string of the molecule is Cc1cc(C(=O)N2CCC[C@@H](c3n[nH]c(C4CC4)n3)C2)c(C)n1-c1nccs1. The molecule has 7 nitrogen and oxygen atoms in total. The van der Waals surface area contributed by atoms with E-state index in [1.807, 2.05) is 30.2 Å². The monoisotopic (exact) mass is 396 g/mol. The summed E-state index contributed by atoms with van der Waals surface area (Å²) in [4.78, 5) is 24.4. The van der Waals surface area contributed by atoms with Crippen molar-refractivity contribution in [3.63, 3.8) is 0 Å². The predicted octanol–water partition coefficient (Wildman–Crippen LogP) is 3.57. The lowest BCUT2D eigenvalue weighted by molar-refractivity contribution is 0.0704. The van der Waals surface area contributed by atoms with E-state index >= 15 is 0 Å². The number of likely N-dealkylation sites (tertiary alicyclic amines) is 1. The number of aryl methyl sites for hydroxylation is 1. The number of hydrogen-bond acceptors (Lipinski definition) is 5. The third-order valence-corrected chi connectivity index (χ3v) is 6.59. The van der Waals surface area contributed by atoms with E-state index in [1.165, 1.54) is 12.8 Å². The van der Waals surface area contributed by atoms with Gasteiger partial charge in [0.2, 0.25) is 0 Å². The molecule has 28 heavy (non-hydrogen) atoms. The van der Waals surface area contributed by atoms with Gasteiger partial charge in [0.15, 0.2) is 11.0 Å². The molecule has 0 radical (unpaired) electrons. The first-order chi connectivity index (χ1) is 13.6. The topological polar surface area (TPSA) is 79.7 Å². The van der Waals surface area contributed by atoms with Crippen molar-refractivity contribution >= 4 is 17.2 Å². The van der Waals surface area contributed by atoms with E-state index in [4.69, 9.17) is 4.98 Å². The van der Waals surface area contributed by atoms with Crippen molar-refractivity contribution in [2.75, 3.05) is 13.1 Å². The van der Waals surface area contributed by atoms with Crippen LogP contribution in [0.4, 0.5) is 0 Å². The first kappa shape index (κ1) is 17.6. The van der Waals surface area contributed by atoms with Gasteiger partial charge in [-0.1, -0.05) is 0 Å². The van der Waals surface area contributed by atoms with E-state index in [1.54, 1.807) is 17.5 Å². The molecule has 1 amide bonds. The molecule has 0 spiro atoms. The normalized spacial score (nSPS) is 19.9. The van der Waals surface area contributed by atoms with Crippen LogP contribution in [0.1, 0.15) is 70.9 Å². The van der Waals surface area contributed by atoms with Crippen LogP contribution in [-0.2, 0) is 0 Å². The standard InChI is InChI=1S/C20H24N6OS/c1-12-10-16(13(2)26(12)20-21-7-9-28-20)19(27)25-8-3-4-15(11-25)18-22-17(23-24-18)14-5-6-14/h7,9-10,14-15H,3-6,8,11H2,1-2H3,(H,22,23,24)/t15-/m1/s1.